The van der Waals surface area contributed by atoms with Gasteiger partial charge < -0.3 is 10.4 Å². The summed E-state index contributed by atoms with van der Waals surface area (Å²) < 4.78 is 0. The zero-order valence-electron chi connectivity index (χ0n) is 10.9. The fourth-order valence-electron chi connectivity index (χ4n) is 1.87. The molecule has 0 heterocycles. The Balaban J connectivity index is 1.98. The molecule has 2 aromatic carbocycles. The lowest BCUT2D eigenvalue weighted by molar-refractivity contribution is -0.137. The third-order valence-electron chi connectivity index (χ3n) is 2.86. The summed E-state index contributed by atoms with van der Waals surface area (Å²) in [4.78, 5) is 21.8. The molecule has 0 radical (unpaired) electrons. The number of benzene rings is 2. The van der Waals surface area contributed by atoms with Crippen LogP contribution in [0.15, 0.2) is 54.6 Å². The first kappa shape index (κ1) is 13.8. The monoisotopic (exact) mass is 269 g/mol. The minimum absolute atomic E-state index is 0.183. The van der Waals surface area contributed by atoms with Gasteiger partial charge in [0.25, 0.3) is 0 Å². The molecule has 102 valence electrons. The average molecular weight is 269 g/mol. The molecule has 0 saturated heterocycles. The maximum atomic E-state index is 11.5. The number of carbonyl (C=O) groups is 2. The Kier molecular flexibility index (Phi) is 4.50. The largest absolute Gasteiger partial charge is 0.480 e. The number of nitrogens with one attached hydrogen (secondary N) is 1. The van der Waals surface area contributed by atoms with Crippen molar-refractivity contribution >= 4 is 11.9 Å². The van der Waals surface area contributed by atoms with Crippen LogP contribution in [0.5, 0.6) is 0 Å². The lowest BCUT2D eigenvalue weighted by Crippen LogP contribution is -2.30. The fourth-order valence-corrected chi connectivity index (χ4v) is 1.87. The molecule has 20 heavy (non-hydrogen) atoms. The normalized spacial score (nSPS) is 10.0. The van der Waals surface area contributed by atoms with E-state index in [2.05, 4.69) is 5.32 Å². The van der Waals surface area contributed by atoms with Crippen LogP contribution in [0.25, 0.3) is 11.1 Å². The van der Waals surface area contributed by atoms with E-state index in [0.717, 1.165) is 16.7 Å². The quantitative estimate of drug-likeness (QED) is 0.873. The number of hydrogen-bond acceptors (Lipinski definition) is 2. The van der Waals surface area contributed by atoms with Crippen molar-refractivity contribution in [3.8, 4) is 11.1 Å². The van der Waals surface area contributed by atoms with Gasteiger partial charge in [-0.05, 0) is 16.7 Å². The van der Waals surface area contributed by atoms with Gasteiger partial charge in [0, 0.05) is 0 Å². The zero-order valence-corrected chi connectivity index (χ0v) is 10.9. The van der Waals surface area contributed by atoms with Crippen molar-refractivity contribution in [3.05, 3.63) is 60.2 Å². The van der Waals surface area contributed by atoms with Crippen LogP contribution < -0.4 is 5.32 Å². The van der Waals surface area contributed by atoms with Gasteiger partial charge in [0.2, 0.25) is 5.91 Å². The minimum atomic E-state index is -1.04. The van der Waals surface area contributed by atoms with Crippen LogP contribution in [0.2, 0.25) is 0 Å². The van der Waals surface area contributed by atoms with Gasteiger partial charge in [-0.25, -0.2) is 0 Å². The predicted molar refractivity (Wildman–Crippen MR) is 76.2 cm³/mol. The average Bonchev–Trinajstić information content (AvgIpc) is 2.47. The Morgan fingerprint density at radius 2 is 1.50 bits per heavy atom. The van der Waals surface area contributed by atoms with E-state index in [0.29, 0.717) is 0 Å². The maximum absolute atomic E-state index is 11.5. The van der Waals surface area contributed by atoms with E-state index in [4.69, 9.17) is 5.11 Å². The van der Waals surface area contributed by atoms with Crippen LogP contribution in [-0.2, 0) is 16.0 Å². The summed E-state index contributed by atoms with van der Waals surface area (Å²) in [6.45, 7) is -0.346. The van der Waals surface area contributed by atoms with Crippen LogP contribution in [-0.4, -0.2) is 23.5 Å². The number of carbonyl (C=O) groups excluding carboxylic acids is 1. The molecule has 0 unspecified atom stereocenters. The second kappa shape index (κ2) is 6.52. The first-order valence-electron chi connectivity index (χ1n) is 6.28. The highest BCUT2D eigenvalue weighted by Gasteiger charge is 2.05. The molecule has 2 aromatic rings. The first-order chi connectivity index (χ1) is 9.65. The third-order valence-corrected chi connectivity index (χ3v) is 2.86. The van der Waals surface area contributed by atoms with Gasteiger partial charge in [0.1, 0.15) is 6.54 Å². The van der Waals surface area contributed by atoms with Gasteiger partial charge in [0.05, 0.1) is 6.42 Å². The SMILES string of the molecule is O=C(O)CNC(=O)Cc1ccc(-c2ccccc2)cc1. The Morgan fingerprint density at radius 1 is 0.900 bits per heavy atom. The van der Waals surface area contributed by atoms with Crippen LogP contribution in [0.1, 0.15) is 5.56 Å². The predicted octanol–water partition coefficient (Wildman–Crippen LogP) is 2.10. The van der Waals surface area contributed by atoms with E-state index in [-0.39, 0.29) is 18.9 Å². The van der Waals surface area contributed by atoms with Crippen molar-refractivity contribution in [1.29, 1.82) is 0 Å². The molecule has 0 spiro atoms. The van der Waals surface area contributed by atoms with E-state index >= 15 is 0 Å². The molecule has 0 aliphatic heterocycles. The number of hydrogen-bond donors (Lipinski definition) is 2. The number of carboxylic acids is 1. The van der Waals surface area contributed by atoms with Gasteiger partial charge in [-0.2, -0.15) is 0 Å². The van der Waals surface area contributed by atoms with Crippen molar-refractivity contribution in [1.82, 2.24) is 5.32 Å². The molecule has 2 N–H and O–H groups in total. The molecule has 0 atom stereocenters. The second-order valence-electron chi connectivity index (χ2n) is 4.41. The maximum Gasteiger partial charge on any atom is 0.322 e. The first-order valence-corrected chi connectivity index (χ1v) is 6.28. The molecule has 4 heteroatoms. The smallest absolute Gasteiger partial charge is 0.322 e. The van der Waals surface area contributed by atoms with E-state index < -0.39 is 5.97 Å². The Morgan fingerprint density at radius 3 is 2.10 bits per heavy atom. The van der Waals surface area contributed by atoms with Crippen LogP contribution in [0.4, 0.5) is 0 Å². The summed E-state index contributed by atoms with van der Waals surface area (Å²) in [6, 6.07) is 17.6. The standard InChI is InChI=1S/C16H15NO3/c18-15(17-11-16(19)20)10-12-6-8-14(9-7-12)13-4-2-1-3-5-13/h1-9H,10-11H2,(H,17,18)(H,19,20). The molecular weight excluding hydrogens is 254 g/mol. The Labute approximate surface area is 117 Å². The highest BCUT2D eigenvalue weighted by atomic mass is 16.4. The summed E-state index contributed by atoms with van der Waals surface area (Å²) in [7, 11) is 0. The van der Waals surface area contributed by atoms with E-state index in [1.165, 1.54) is 0 Å². The lowest BCUT2D eigenvalue weighted by Gasteiger charge is -2.05. The summed E-state index contributed by atoms with van der Waals surface area (Å²) in [6.07, 6.45) is 0.183. The third kappa shape index (κ3) is 3.95. The number of aliphatic carboxylic acids is 1. The van der Waals surface area contributed by atoms with Crippen molar-refractivity contribution in [2.75, 3.05) is 6.54 Å². The van der Waals surface area contributed by atoms with Crippen LogP contribution in [0.3, 0.4) is 0 Å². The lowest BCUT2D eigenvalue weighted by atomic mass is 10.0. The number of carboxylic acid groups (broad SMARTS) is 1. The van der Waals surface area contributed by atoms with Gasteiger partial charge in [-0.3, -0.25) is 9.59 Å². The molecule has 4 nitrogen and oxygen atoms in total. The second-order valence-corrected chi connectivity index (χ2v) is 4.41. The van der Waals surface area contributed by atoms with E-state index in [1.54, 1.807) is 0 Å². The van der Waals surface area contributed by atoms with Crippen molar-refractivity contribution in [2.24, 2.45) is 0 Å². The highest BCUT2D eigenvalue weighted by molar-refractivity contribution is 5.82. The molecule has 2 rings (SSSR count). The van der Waals surface area contributed by atoms with Gasteiger partial charge in [0.15, 0.2) is 0 Å². The molecule has 0 bridgehead atoms. The van der Waals surface area contributed by atoms with E-state index in [9.17, 15) is 9.59 Å². The number of amides is 1. The fraction of sp³-hybridized carbons (Fsp3) is 0.125. The van der Waals surface area contributed by atoms with Crippen LogP contribution >= 0.6 is 0 Å². The summed E-state index contributed by atoms with van der Waals surface area (Å²) in [5.74, 6) is -1.34. The van der Waals surface area contributed by atoms with Crippen molar-refractivity contribution in [2.45, 2.75) is 6.42 Å². The summed E-state index contributed by atoms with van der Waals surface area (Å²) in [5.41, 5.74) is 3.06. The van der Waals surface area contributed by atoms with Crippen LogP contribution in [0, 0.1) is 0 Å². The molecule has 0 aliphatic carbocycles. The van der Waals surface area contributed by atoms with Gasteiger partial charge >= 0.3 is 5.97 Å². The Bertz CT molecular complexity index is 591. The van der Waals surface area contributed by atoms with E-state index in [1.807, 2.05) is 54.6 Å². The molecule has 1 amide bonds. The van der Waals surface area contributed by atoms with Crippen molar-refractivity contribution < 1.29 is 14.7 Å². The zero-order chi connectivity index (χ0) is 14.4. The molecule has 0 fully saturated rings. The number of rotatable bonds is 5. The molecule has 0 aromatic heterocycles. The van der Waals surface area contributed by atoms with Crippen molar-refractivity contribution in [3.63, 3.8) is 0 Å². The summed E-state index contributed by atoms with van der Waals surface area (Å²) >= 11 is 0. The molecule has 0 aliphatic rings. The van der Waals surface area contributed by atoms with Gasteiger partial charge in [-0.15, -0.1) is 0 Å². The Hall–Kier alpha value is -2.62. The topological polar surface area (TPSA) is 66.4 Å². The molecular formula is C16H15NO3. The molecule has 0 saturated carbocycles. The summed E-state index contributed by atoms with van der Waals surface area (Å²) in [5, 5.41) is 10.8. The highest BCUT2D eigenvalue weighted by Crippen LogP contribution is 2.19. The minimum Gasteiger partial charge on any atom is -0.480 e. The van der Waals surface area contributed by atoms with Gasteiger partial charge in [-0.1, -0.05) is 54.6 Å².